The molecule has 0 aliphatic heterocycles. The molecule has 0 atom stereocenters. The van der Waals surface area contributed by atoms with Gasteiger partial charge in [0.15, 0.2) is 0 Å². The van der Waals surface area contributed by atoms with Crippen molar-refractivity contribution in [3.8, 4) is 0 Å². The number of hydrogen-bond acceptors (Lipinski definition) is 2. The molecule has 0 aromatic heterocycles. The molecule has 21 heavy (non-hydrogen) atoms. The Morgan fingerprint density at radius 2 is 1.71 bits per heavy atom. The highest BCUT2D eigenvalue weighted by Gasteiger charge is 2.18. The molecule has 0 bridgehead atoms. The summed E-state index contributed by atoms with van der Waals surface area (Å²) >= 11 is 0. The average Bonchev–Trinajstić information content (AvgIpc) is 2.47. The molecule has 1 N–H and O–H groups in total. The van der Waals surface area contributed by atoms with E-state index < -0.39 is 0 Å². The van der Waals surface area contributed by atoms with Crippen molar-refractivity contribution < 1.29 is 4.79 Å². The summed E-state index contributed by atoms with van der Waals surface area (Å²) in [5.74, 6) is 0.160. The number of carbonyl (C=O) groups excluding carboxylic acids is 1. The lowest BCUT2D eigenvalue weighted by molar-refractivity contribution is 0.0752. The van der Waals surface area contributed by atoms with Crippen molar-refractivity contribution in [1.29, 1.82) is 0 Å². The van der Waals surface area contributed by atoms with E-state index in [1.54, 1.807) is 0 Å². The van der Waals surface area contributed by atoms with E-state index in [0.717, 1.165) is 56.6 Å². The van der Waals surface area contributed by atoms with Crippen molar-refractivity contribution in [2.24, 2.45) is 0 Å². The van der Waals surface area contributed by atoms with Crippen molar-refractivity contribution >= 4 is 11.6 Å². The summed E-state index contributed by atoms with van der Waals surface area (Å²) in [6.45, 7) is 11.0. The van der Waals surface area contributed by atoms with E-state index >= 15 is 0 Å². The molecular formula is C18H30N2O. The molecule has 0 aliphatic carbocycles. The Bertz CT molecular complexity index is 435. The van der Waals surface area contributed by atoms with Crippen LogP contribution in [0.25, 0.3) is 0 Å². The Labute approximate surface area is 129 Å². The first-order valence-corrected chi connectivity index (χ1v) is 8.27. The number of rotatable bonds is 9. The highest BCUT2D eigenvalue weighted by atomic mass is 16.2. The molecule has 0 aliphatic rings. The normalized spacial score (nSPS) is 10.5. The lowest BCUT2D eigenvalue weighted by atomic mass is 10.1. The second-order valence-corrected chi connectivity index (χ2v) is 5.58. The van der Waals surface area contributed by atoms with Gasteiger partial charge in [-0.25, -0.2) is 0 Å². The maximum Gasteiger partial charge on any atom is 0.255 e. The van der Waals surface area contributed by atoms with Crippen molar-refractivity contribution in [3.05, 3.63) is 29.3 Å². The van der Waals surface area contributed by atoms with Crippen LogP contribution in [-0.4, -0.2) is 30.4 Å². The number of unbranched alkanes of at least 4 members (excludes halogenated alkanes) is 2. The minimum Gasteiger partial charge on any atom is -0.385 e. The molecular weight excluding hydrogens is 260 g/mol. The van der Waals surface area contributed by atoms with E-state index in [9.17, 15) is 4.79 Å². The summed E-state index contributed by atoms with van der Waals surface area (Å²) in [5, 5.41) is 3.32. The number of carbonyl (C=O) groups is 1. The number of nitrogens with zero attached hydrogens (tertiary/aromatic N) is 1. The minimum atomic E-state index is 0.160. The molecule has 0 spiro atoms. The van der Waals surface area contributed by atoms with E-state index in [4.69, 9.17) is 0 Å². The van der Waals surface area contributed by atoms with Gasteiger partial charge in [0, 0.05) is 25.3 Å². The Morgan fingerprint density at radius 3 is 2.24 bits per heavy atom. The Kier molecular flexibility index (Phi) is 7.88. The zero-order valence-corrected chi connectivity index (χ0v) is 14.0. The summed E-state index contributed by atoms with van der Waals surface area (Å²) < 4.78 is 0. The van der Waals surface area contributed by atoms with Gasteiger partial charge in [0.2, 0.25) is 0 Å². The third kappa shape index (κ3) is 5.41. The Balaban J connectivity index is 2.95. The van der Waals surface area contributed by atoms with Crippen LogP contribution in [0.3, 0.4) is 0 Å². The van der Waals surface area contributed by atoms with Gasteiger partial charge in [-0.3, -0.25) is 4.79 Å². The van der Waals surface area contributed by atoms with E-state index in [1.165, 1.54) is 5.56 Å². The number of amides is 1. The Hall–Kier alpha value is -1.51. The predicted octanol–water partition coefficient (Wildman–Crippen LogP) is 4.47. The number of nitrogens with one attached hydrogen (secondary N) is 1. The van der Waals surface area contributed by atoms with Crippen LogP contribution in [0.15, 0.2) is 18.2 Å². The summed E-state index contributed by atoms with van der Waals surface area (Å²) in [7, 11) is 0. The summed E-state index contributed by atoms with van der Waals surface area (Å²) in [6.07, 6.45) is 4.36. The van der Waals surface area contributed by atoms with Crippen LogP contribution in [0.2, 0.25) is 0 Å². The van der Waals surface area contributed by atoms with E-state index in [2.05, 4.69) is 39.1 Å². The number of anilines is 1. The highest BCUT2D eigenvalue weighted by Crippen LogP contribution is 2.20. The molecule has 1 aromatic rings. The first-order valence-electron chi connectivity index (χ1n) is 8.27. The summed E-state index contributed by atoms with van der Waals surface area (Å²) in [5.41, 5.74) is 2.94. The molecule has 0 saturated heterocycles. The van der Waals surface area contributed by atoms with Crippen molar-refractivity contribution in [2.75, 3.05) is 25.0 Å². The van der Waals surface area contributed by atoms with E-state index in [1.807, 2.05) is 17.0 Å². The molecule has 118 valence electrons. The van der Waals surface area contributed by atoms with E-state index in [-0.39, 0.29) is 5.91 Å². The average molecular weight is 290 g/mol. The molecule has 1 rings (SSSR count). The molecule has 0 saturated carbocycles. The van der Waals surface area contributed by atoms with Gasteiger partial charge in [-0.05, 0) is 44.4 Å². The van der Waals surface area contributed by atoms with Gasteiger partial charge >= 0.3 is 0 Å². The van der Waals surface area contributed by atoms with Crippen LogP contribution in [0.1, 0.15) is 62.4 Å². The molecule has 0 unspecified atom stereocenters. The maximum atomic E-state index is 12.8. The van der Waals surface area contributed by atoms with Gasteiger partial charge in [-0.1, -0.05) is 32.8 Å². The zero-order valence-electron chi connectivity index (χ0n) is 14.0. The molecule has 1 aromatic carbocycles. The fourth-order valence-electron chi connectivity index (χ4n) is 2.36. The van der Waals surface area contributed by atoms with Gasteiger partial charge in [0.1, 0.15) is 0 Å². The zero-order chi connectivity index (χ0) is 15.7. The number of benzene rings is 1. The van der Waals surface area contributed by atoms with Gasteiger partial charge in [0.25, 0.3) is 5.91 Å². The van der Waals surface area contributed by atoms with Crippen molar-refractivity contribution in [1.82, 2.24) is 4.90 Å². The van der Waals surface area contributed by atoms with Gasteiger partial charge in [-0.2, -0.15) is 0 Å². The molecule has 0 radical (unpaired) electrons. The second-order valence-electron chi connectivity index (χ2n) is 5.58. The fourth-order valence-corrected chi connectivity index (χ4v) is 2.36. The third-order valence-corrected chi connectivity index (χ3v) is 3.62. The molecule has 1 amide bonds. The molecule has 3 heteroatoms. The summed E-state index contributed by atoms with van der Waals surface area (Å²) in [6, 6.07) is 6.04. The first-order chi connectivity index (χ1) is 10.1. The quantitative estimate of drug-likeness (QED) is 0.727. The topological polar surface area (TPSA) is 32.3 Å². The van der Waals surface area contributed by atoms with Crippen LogP contribution < -0.4 is 5.32 Å². The van der Waals surface area contributed by atoms with Crippen LogP contribution >= 0.6 is 0 Å². The SMILES string of the molecule is CCCCN(CCCC)C(=O)c1ccc(C)cc1NCC. The van der Waals surface area contributed by atoms with Crippen LogP contribution in [0, 0.1) is 6.92 Å². The van der Waals surface area contributed by atoms with Gasteiger partial charge in [-0.15, -0.1) is 0 Å². The number of aryl methyl sites for hydroxylation is 1. The summed E-state index contributed by atoms with van der Waals surface area (Å²) in [4.78, 5) is 14.9. The van der Waals surface area contributed by atoms with Crippen LogP contribution in [-0.2, 0) is 0 Å². The third-order valence-electron chi connectivity index (χ3n) is 3.62. The van der Waals surface area contributed by atoms with Crippen LogP contribution in [0.4, 0.5) is 5.69 Å². The number of hydrogen-bond donors (Lipinski definition) is 1. The smallest absolute Gasteiger partial charge is 0.255 e. The van der Waals surface area contributed by atoms with Crippen molar-refractivity contribution in [2.45, 2.75) is 53.4 Å². The Morgan fingerprint density at radius 1 is 1.10 bits per heavy atom. The van der Waals surface area contributed by atoms with Crippen LogP contribution in [0.5, 0.6) is 0 Å². The molecule has 0 heterocycles. The fraction of sp³-hybridized carbons (Fsp3) is 0.611. The molecule has 0 fully saturated rings. The lowest BCUT2D eigenvalue weighted by Crippen LogP contribution is -2.33. The minimum absolute atomic E-state index is 0.160. The van der Waals surface area contributed by atoms with Gasteiger partial charge < -0.3 is 10.2 Å². The van der Waals surface area contributed by atoms with Crippen molar-refractivity contribution in [3.63, 3.8) is 0 Å². The predicted molar refractivity (Wildman–Crippen MR) is 91.1 cm³/mol. The highest BCUT2D eigenvalue weighted by molar-refractivity contribution is 5.99. The van der Waals surface area contributed by atoms with Gasteiger partial charge in [0.05, 0.1) is 5.56 Å². The monoisotopic (exact) mass is 290 g/mol. The first kappa shape index (κ1) is 17.5. The molecule has 3 nitrogen and oxygen atoms in total. The standard InChI is InChI=1S/C18H30N2O/c1-5-8-12-20(13-9-6-2)18(21)16-11-10-15(4)14-17(16)19-7-3/h10-11,14,19H,5-9,12-13H2,1-4H3. The maximum absolute atomic E-state index is 12.8. The van der Waals surface area contributed by atoms with E-state index in [0.29, 0.717) is 0 Å². The second kappa shape index (κ2) is 9.43. The largest absolute Gasteiger partial charge is 0.385 e. The lowest BCUT2D eigenvalue weighted by Gasteiger charge is -2.24.